The lowest BCUT2D eigenvalue weighted by molar-refractivity contribution is -0.385. The Bertz CT molecular complexity index is 635. The topological polar surface area (TPSA) is 93.9 Å². The fourth-order valence-electron chi connectivity index (χ4n) is 1.35. The van der Waals surface area contributed by atoms with Gasteiger partial charge in [-0.05, 0) is 17.8 Å². The van der Waals surface area contributed by atoms with E-state index >= 15 is 0 Å². The third-order valence-electron chi connectivity index (χ3n) is 2.25. The zero-order valence-corrected chi connectivity index (χ0v) is 10.9. The smallest absolute Gasteiger partial charge is 0.296 e. The van der Waals surface area contributed by atoms with Gasteiger partial charge < -0.3 is 4.74 Å². The van der Waals surface area contributed by atoms with Crippen LogP contribution in [0.3, 0.4) is 0 Å². The maximum Gasteiger partial charge on any atom is 0.296 e. The molecule has 0 amide bonds. The fraction of sp³-hybridized carbons (Fsp3) is 0.200. The van der Waals surface area contributed by atoms with Crippen LogP contribution in [0.2, 0.25) is 0 Å². The van der Waals surface area contributed by atoms with Crippen LogP contribution in [-0.4, -0.2) is 27.2 Å². The van der Waals surface area contributed by atoms with Gasteiger partial charge in [0.15, 0.2) is 5.82 Å². The Morgan fingerprint density at radius 1 is 1.50 bits per heavy atom. The van der Waals surface area contributed by atoms with Crippen molar-refractivity contribution in [3.8, 4) is 5.75 Å². The van der Waals surface area contributed by atoms with Crippen LogP contribution >= 0.6 is 11.8 Å². The largest absolute Gasteiger partial charge is 0.495 e. The highest BCUT2D eigenvalue weighted by atomic mass is 32.2. The van der Waals surface area contributed by atoms with Gasteiger partial charge in [0.05, 0.1) is 23.0 Å². The minimum atomic E-state index is -2.74. The summed E-state index contributed by atoms with van der Waals surface area (Å²) in [6.45, 7) is 0. The Kier molecular flexibility index (Phi) is 4.13. The molecule has 0 aliphatic heterocycles. The van der Waals surface area contributed by atoms with Gasteiger partial charge in [-0.25, -0.2) is 8.78 Å². The van der Waals surface area contributed by atoms with Crippen LogP contribution in [0.4, 0.5) is 14.5 Å². The van der Waals surface area contributed by atoms with Crippen molar-refractivity contribution in [2.24, 2.45) is 0 Å². The van der Waals surface area contributed by atoms with Gasteiger partial charge >= 0.3 is 0 Å². The van der Waals surface area contributed by atoms with Crippen LogP contribution in [-0.2, 0) is 0 Å². The van der Waals surface area contributed by atoms with Gasteiger partial charge in [-0.1, -0.05) is 0 Å². The molecule has 1 N–H and O–H groups in total. The van der Waals surface area contributed by atoms with E-state index in [2.05, 4.69) is 15.2 Å². The Balaban J connectivity index is 2.25. The number of hydrogen-bond acceptors (Lipinski definition) is 6. The number of alkyl halides is 2. The molecule has 1 heterocycles. The van der Waals surface area contributed by atoms with Gasteiger partial charge in [0.1, 0.15) is 5.75 Å². The molecule has 0 bridgehead atoms. The van der Waals surface area contributed by atoms with Crippen molar-refractivity contribution in [3.05, 3.63) is 34.1 Å². The standard InChI is InChI=1S/C10H8F2N4O3S/c1-19-6-4-5(16(17)18)2-3-7(6)20-10-13-9(8(11)12)14-15-10/h2-4,8H,1H3,(H,13,14,15). The summed E-state index contributed by atoms with van der Waals surface area (Å²) in [6.07, 6.45) is -2.74. The summed E-state index contributed by atoms with van der Waals surface area (Å²) >= 11 is 0.963. The van der Waals surface area contributed by atoms with Gasteiger partial charge in [0, 0.05) is 6.07 Å². The van der Waals surface area contributed by atoms with Gasteiger partial charge in [0.2, 0.25) is 5.16 Å². The molecule has 0 spiro atoms. The van der Waals surface area contributed by atoms with Crippen molar-refractivity contribution >= 4 is 17.4 Å². The average molecular weight is 302 g/mol. The predicted octanol–water partition coefficient (Wildman–Crippen LogP) is 2.81. The Labute approximate surface area is 115 Å². The molecule has 106 valence electrons. The summed E-state index contributed by atoms with van der Waals surface area (Å²) in [5, 5.41) is 16.5. The monoisotopic (exact) mass is 302 g/mol. The quantitative estimate of drug-likeness (QED) is 0.674. The molecule has 0 aliphatic rings. The number of H-pyrrole nitrogens is 1. The van der Waals surface area contributed by atoms with Crippen molar-refractivity contribution in [2.75, 3.05) is 7.11 Å². The maximum atomic E-state index is 12.4. The van der Waals surface area contributed by atoms with Crippen molar-refractivity contribution in [1.82, 2.24) is 15.2 Å². The molecule has 0 saturated heterocycles. The highest BCUT2D eigenvalue weighted by Gasteiger charge is 2.17. The number of aromatic amines is 1. The Hall–Kier alpha value is -2.23. The molecule has 0 fully saturated rings. The molecule has 2 aromatic rings. The van der Waals surface area contributed by atoms with Crippen molar-refractivity contribution in [1.29, 1.82) is 0 Å². The predicted molar refractivity (Wildman–Crippen MR) is 65.1 cm³/mol. The number of nitrogens with zero attached hydrogens (tertiary/aromatic N) is 3. The van der Waals surface area contributed by atoms with Crippen LogP contribution < -0.4 is 4.74 Å². The first-order chi connectivity index (χ1) is 9.51. The summed E-state index contributed by atoms with van der Waals surface area (Å²) < 4.78 is 29.8. The van der Waals surface area contributed by atoms with E-state index in [4.69, 9.17) is 4.74 Å². The highest BCUT2D eigenvalue weighted by Crippen LogP contribution is 2.35. The molecule has 1 aromatic carbocycles. The number of benzene rings is 1. The number of hydrogen-bond donors (Lipinski definition) is 1. The van der Waals surface area contributed by atoms with Crippen LogP contribution in [0.15, 0.2) is 28.3 Å². The number of ether oxygens (including phenoxy) is 1. The molecule has 2 rings (SSSR count). The molecule has 0 unspecified atom stereocenters. The van der Waals surface area contributed by atoms with E-state index in [-0.39, 0.29) is 16.6 Å². The normalized spacial score (nSPS) is 10.8. The van der Waals surface area contributed by atoms with E-state index in [0.717, 1.165) is 11.8 Å². The molecular weight excluding hydrogens is 294 g/mol. The van der Waals surface area contributed by atoms with E-state index in [1.165, 1.54) is 25.3 Å². The zero-order chi connectivity index (χ0) is 14.7. The second-order valence-electron chi connectivity index (χ2n) is 3.50. The third-order valence-corrected chi connectivity index (χ3v) is 3.17. The molecular formula is C10H8F2N4O3S. The molecule has 0 aliphatic carbocycles. The van der Waals surface area contributed by atoms with Gasteiger partial charge in [-0.15, -0.1) is 5.10 Å². The zero-order valence-electron chi connectivity index (χ0n) is 10.0. The average Bonchev–Trinajstić information content (AvgIpc) is 2.87. The number of aromatic nitrogens is 3. The summed E-state index contributed by atoms with van der Waals surface area (Å²) in [6, 6.07) is 3.97. The lowest BCUT2D eigenvalue weighted by Gasteiger charge is -2.05. The molecule has 1 aromatic heterocycles. The van der Waals surface area contributed by atoms with Crippen LogP contribution in [0.5, 0.6) is 5.75 Å². The first-order valence-corrected chi connectivity index (χ1v) is 6.03. The van der Waals surface area contributed by atoms with E-state index in [0.29, 0.717) is 4.90 Å². The fourth-order valence-corrected chi connectivity index (χ4v) is 2.16. The lowest BCUT2D eigenvalue weighted by atomic mass is 10.3. The molecule has 0 saturated carbocycles. The van der Waals surface area contributed by atoms with Gasteiger partial charge in [0.25, 0.3) is 12.1 Å². The second kappa shape index (κ2) is 5.82. The van der Waals surface area contributed by atoms with Crippen LogP contribution in [0.25, 0.3) is 0 Å². The molecule has 10 heteroatoms. The number of nitro groups is 1. The lowest BCUT2D eigenvalue weighted by Crippen LogP contribution is -1.92. The molecule has 0 atom stereocenters. The molecule has 0 radical (unpaired) electrons. The minimum Gasteiger partial charge on any atom is -0.495 e. The maximum absolute atomic E-state index is 12.4. The van der Waals surface area contributed by atoms with Crippen LogP contribution in [0.1, 0.15) is 12.2 Å². The first-order valence-electron chi connectivity index (χ1n) is 5.22. The van der Waals surface area contributed by atoms with Crippen molar-refractivity contribution in [2.45, 2.75) is 16.5 Å². The number of halogens is 2. The van der Waals surface area contributed by atoms with Gasteiger partial charge in [-0.3, -0.25) is 15.2 Å². The highest BCUT2D eigenvalue weighted by molar-refractivity contribution is 7.99. The summed E-state index contributed by atoms with van der Waals surface area (Å²) in [4.78, 5) is 14.2. The van der Waals surface area contributed by atoms with E-state index in [9.17, 15) is 18.9 Å². The first kappa shape index (κ1) is 14.2. The number of nitrogens with one attached hydrogen (secondary N) is 1. The SMILES string of the molecule is COc1cc([N+](=O)[O-])ccc1Sc1n[nH]c(C(F)F)n1. The van der Waals surface area contributed by atoms with Crippen molar-refractivity contribution in [3.63, 3.8) is 0 Å². The number of nitro benzene ring substituents is 1. The Morgan fingerprint density at radius 2 is 2.25 bits per heavy atom. The third kappa shape index (κ3) is 3.02. The van der Waals surface area contributed by atoms with Crippen LogP contribution in [0, 0.1) is 10.1 Å². The molecule has 20 heavy (non-hydrogen) atoms. The summed E-state index contributed by atoms with van der Waals surface area (Å²) in [7, 11) is 1.35. The van der Waals surface area contributed by atoms with E-state index in [1.54, 1.807) is 0 Å². The molecule has 7 nitrogen and oxygen atoms in total. The van der Waals surface area contributed by atoms with Crippen molar-refractivity contribution < 1.29 is 18.4 Å². The number of rotatable bonds is 5. The summed E-state index contributed by atoms with van der Waals surface area (Å²) in [5.74, 6) is -0.291. The van der Waals surface area contributed by atoms with E-state index < -0.39 is 17.2 Å². The second-order valence-corrected chi connectivity index (χ2v) is 4.51. The Morgan fingerprint density at radius 3 is 2.80 bits per heavy atom. The van der Waals surface area contributed by atoms with E-state index in [1.807, 2.05) is 0 Å². The number of non-ortho nitro benzene ring substituents is 1. The minimum absolute atomic E-state index is 0.0763. The van der Waals surface area contributed by atoms with Gasteiger partial charge in [-0.2, -0.15) is 4.98 Å². The number of methoxy groups -OCH3 is 1. The summed E-state index contributed by atoms with van der Waals surface area (Å²) in [5.41, 5.74) is -0.130.